The van der Waals surface area contributed by atoms with Gasteiger partial charge in [0.05, 0.1) is 17.9 Å². The first-order valence-corrected chi connectivity index (χ1v) is 9.40. The average molecular weight is 395 g/mol. The SMILES string of the molecule is COCCN1C(=O)c2ccccc2Sc2cc(NC(=O)c3cocn3)ccc21. The first-order chi connectivity index (χ1) is 13.7. The van der Waals surface area contributed by atoms with Crippen molar-refractivity contribution in [1.82, 2.24) is 4.98 Å². The summed E-state index contributed by atoms with van der Waals surface area (Å²) in [4.78, 5) is 32.6. The van der Waals surface area contributed by atoms with Crippen molar-refractivity contribution in [2.75, 3.05) is 30.5 Å². The second-order valence-electron chi connectivity index (χ2n) is 6.06. The Kier molecular flexibility index (Phi) is 5.14. The van der Waals surface area contributed by atoms with Gasteiger partial charge in [0.1, 0.15) is 6.26 Å². The quantitative estimate of drug-likeness (QED) is 0.709. The van der Waals surface area contributed by atoms with Crippen LogP contribution in [-0.4, -0.2) is 37.1 Å². The predicted octanol–water partition coefficient (Wildman–Crippen LogP) is 3.68. The van der Waals surface area contributed by atoms with E-state index in [0.717, 1.165) is 15.5 Å². The van der Waals surface area contributed by atoms with Gasteiger partial charge in [-0.1, -0.05) is 23.9 Å². The van der Waals surface area contributed by atoms with Crippen molar-refractivity contribution in [2.45, 2.75) is 9.79 Å². The van der Waals surface area contributed by atoms with Crippen LogP contribution in [0.5, 0.6) is 0 Å². The van der Waals surface area contributed by atoms with Crippen molar-refractivity contribution in [2.24, 2.45) is 0 Å². The topological polar surface area (TPSA) is 84.7 Å². The summed E-state index contributed by atoms with van der Waals surface area (Å²) < 4.78 is 10.0. The first kappa shape index (κ1) is 18.3. The number of hydrogen-bond donors (Lipinski definition) is 1. The standard InChI is InChI=1S/C20H17N3O4S/c1-26-9-8-23-16-7-6-13(22-19(24)15-11-27-12-21-15)10-18(16)28-17-5-3-2-4-14(17)20(23)25/h2-7,10-12H,8-9H2,1H3,(H,22,24). The van der Waals surface area contributed by atoms with Crippen molar-refractivity contribution >= 4 is 35.0 Å². The summed E-state index contributed by atoms with van der Waals surface area (Å²) in [6.07, 6.45) is 2.49. The van der Waals surface area contributed by atoms with Crippen LogP contribution in [0, 0.1) is 0 Å². The number of methoxy groups -OCH3 is 1. The molecular formula is C20H17N3O4S. The van der Waals surface area contributed by atoms with Crippen LogP contribution >= 0.6 is 11.8 Å². The summed E-state index contributed by atoms with van der Waals surface area (Å²) in [7, 11) is 1.61. The van der Waals surface area contributed by atoms with Crippen molar-refractivity contribution in [3.8, 4) is 0 Å². The number of hydrogen-bond acceptors (Lipinski definition) is 6. The molecule has 2 amide bonds. The Bertz CT molecular complexity index is 1020. The Balaban J connectivity index is 1.71. The van der Waals surface area contributed by atoms with E-state index >= 15 is 0 Å². The third-order valence-corrected chi connectivity index (χ3v) is 5.40. The summed E-state index contributed by atoms with van der Waals surface area (Å²) in [6.45, 7) is 0.852. The van der Waals surface area contributed by atoms with Gasteiger partial charge in [-0.15, -0.1) is 0 Å². The summed E-state index contributed by atoms with van der Waals surface area (Å²) in [5.41, 5.74) is 2.23. The molecule has 0 unspecified atom stereocenters. The minimum absolute atomic E-state index is 0.0710. The highest BCUT2D eigenvalue weighted by atomic mass is 32.2. The van der Waals surface area contributed by atoms with E-state index in [-0.39, 0.29) is 17.5 Å². The van der Waals surface area contributed by atoms with Gasteiger partial charge < -0.3 is 19.4 Å². The van der Waals surface area contributed by atoms with Crippen LogP contribution in [-0.2, 0) is 4.74 Å². The smallest absolute Gasteiger partial charge is 0.277 e. The van der Waals surface area contributed by atoms with Gasteiger partial charge in [-0.3, -0.25) is 9.59 Å². The minimum atomic E-state index is -0.361. The number of carbonyl (C=O) groups excluding carboxylic acids is 2. The molecule has 7 nitrogen and oxygen atoms in total. The zero-order valence-electron chi connectivity index (χ0n) is 15.0. The van der Waals surface area contributed by atoms with Crippen molar-refractivity contribution in [3.63, 3.8) is 0 Å². The number of aromatic nitrogens is 1. The Morgan fingerprint density at radius 3 is 2.89 bits per heavy atom. The van der Waals surface area contributed by atoms with E-state index in [0.29, 0.717) is 24.4 Å². The number of amides is 2. The van der Waals surface area contributed by atoms with Crippen LogP contribution in [0.25, 0.3) is 0 Å². The molecule has 1 N–H and O–H groups in total. The van der Waals surface area contributed by atoms with Crippen LogP contribution < -0.4 is 10.2 Å². The molecule has 28 heavy (non-hydrogen) atoms. The molecule has 0 aliphatic carbocycles. The van der Waals surface area contributed by atoms with Crippen LogP contribution in [0.4, 0.5) is 11.4 Å². The fourth-order valence-electron chi connectivity index (χ4n) is 2.93. The second-order valence-corrected chi connectivity index (χ2v) is 7.14. The molecule has 8 heteroatoms. The maximum atomic E-state index is 13.1. The highest BCUT2D eigenvalue weighted by molar-refractivity contribution is 7.99. The molecule has 0 bridgehead atoms. The molecule has 2 heterocycles. The molecule has 0 spiro atoms. The van der Waals surface area contributed by atoms with Gasteiger partial charge in [-0.2, -0.15) is 0 Å². The van der Waals surface area contributed by atoms with Gasteiger partial charge in [0, 0.05) is 29.1 Å². The Morgan fingerprint density at radius 2 is 2.11 bits per heavy atom. The highest BCUT2D eigenvalue weighted by Gasteiger charge is 2.27. The molecule has 3 aromatic rings. The van der Waals surface area contributed by atoms with Gasteiger partial charge in [0.25, 0.3) is 11.8 Å². The van der Waals surface area contributed by atoms with E-state index in [1.165, 1.54) is 24.4 Å². The van der Waals surface area contributed by atoms with E-state index in [4.69, 9.17) is 9.15 Å². The molecule has 2 aromatic carbocycles. The molecule has 4 rings (SSSR count). The second kappa shape index (κ2) is 7.87. The molecule has 1 aliphatic heterocycles. The van der Waals surface area contributed by atoms with Gasteiger partial charge in [-0.05, 0) is 30.3 Å². The zero-order chi connectivity index (χ0) is 19.5. The third-order valence-electron chi connectivity index (χ3n) is 4.27. The summed E-state index contributed by atoms with van der Waals surface area (Å²) in [5, 5.41) is 2.81. The number of oxazole rings is 1. The number of rotatable bonds is 5. The van der Waals surface area contributed by atoms with Gasteiger partial charge in [0.15, 0.2) is 12.1 Å². The van der Waals surface area contributed by atoms with E-state index in [1.807, 2.05) is 36.4 Å². The molecular weight excluding hydrogens is 378 g/mol. The normalized spacial score (nSPS) is 12.9. The third kappa shape index (κ3) is 3.51. The van der Waals surface area contributed by atoms with Crippen LogP contribution in [0.2, 0.25) is 0 Å². The van der Waals surface area contributed by atoms with Gasteiger partial charge in [0.2, 0.25) is 0 Å². The summed E-state index contributed by atoms with van der Waals surface area (Å²) >= 11 is 1.49. The maximum absolute atomic E-state index is 13.1. The predicted molar refractivity (Wildman–Crippen MR) is 105 cm³/mol. The lowest BCUT2D eigenvalue weighted by Gasteiger charge is -2.23. The molecule has 0 atom stereocenters. The van der Waals surface area contributed by atoms with E-state index in [2.05, 4.69) is 10.3 Å². The highest BCUT2D eigenvalue weighted by Crippen LogP contribution is 2.42. The molecule has 0 saturated carbocycles. The number of carbonyl (C=O) groups is 2. The molecule has 0 radical (unpaired) electrons. The van der Waals surface area contributed by atoms with E-state index < -0.39 is 0 Å². The molecule has 0 fully saturated rings. The summed E-state index contributed by atoms with van der Waals surface area (Å²) in [5.74, 6) is -0.432. The zero-order valence-corrected chi connectivity index (χ0v) is 15.9. The van der Waals surface area contributed by atoms with Crippen LogP contribution in [0.3, 0.4) is 0 Å². The van der Waals surface area contributed by atoms with Crippen LogP contribution in [0.1, 0.15) is 20.8 Å². The monoisotopic (exact) mass is 395 g/mol. The van der Waals surface area contributed by atoms with Crippen molar-refractivity contribution in [3.05, 3.63) is 66.4 Å². The molecule has 1 aliphatic rings. The first-order valence-electron chi connectivity index (χ1n) is 8.58. The number of nitrogens with zero attached hydrogens (tertiary/aromatic N) is 2. The average Bonchev–Trinajstić information content (AvgIpc) is 3.21. The number of ether oxygens (including phenoxy) is 1. The van der Waals surface area contributed by atoms with Crippen molar-refractivity contribution < 1.29 is 18.7 Å². The fraction of sp³-hybridized carbons (Fsp3) is 0.150. The number of anilines is 2. The molecule has 142 valence electrons. The Labute approximate surface area is 165 Å². The lowest BCUT2D eigenvalue weighted by Crippen LogP contribution is -2.33. The summed E-state index contributed by atoms with van der Waals surface area (Å²) in [6, 6.07) is 12.9. The van der Waals surface area contributed by atoms with Crippen LogP contribution in [0.15, 0.2) is 69.3 Å². The fourth-order valence-corrected chi connectivity index (χ4v) is 4.04. The van der Waals surface area contributed by atoms with E-state index in [1.54, 1.807) is 18.1 Å². The lowest BCUT2D eigenvalue weighted by atomic mass is 10.1. The molecule has 1 aromatic heterocycles. The largest absolute Gasteiger partial charge is 0.451 e. The Hall–Kier alpha value is -3.10. The minimum Gasteiger partial charge on any atom is -0.451 e. The number of fused-ring (bicyclic) bond motifs is 2. The van der Waals surface area contributed by atoms with Gasteiger partial charge >= 0.3 is 0 Å². The van der Waals surface area contributed by atoms with E-state index in [9.17, 15) is 9.59 Å². The lowest BCUT2D eigenvalue weighted by molar-refractivity contribution is 0.0971. The Morgan fingerprint density at radius 1 is 1.25 bits per heavy atom. The van der Waals surface area contributed by atoms with Gasteiger partial charge in [-0.25, -0.2) is 4.98 Å². The van der Waals surface area contributed by atoms with Crippen molar-refractivity contribution in [1.29, 1.82) is 0 Å². The number of benzene rings is 2. The molecule has 0 saturated heterocycles. The maximum Gasteiger partial charge on any atom is 0.277 e. The number of nitrogens with one attached hydrogen (secondary N) is 1.